The van der Waals surface area contributed by atoms with E-state index in [-0.39, 0.29) is 43.4 Å². The van der Waals surface area contributed by atoms with Crippen LogP contribution in [0, 0.1) is 0 Å². The lowest BCUT2D eigenvalue weighted by atomic mass is 9.96. The molecule has 1 unspecified atom stereocenters. The number of rotatable bonds is 9. The number of carbonyl (C=O) groups is 1. The summed E-state index contributed by atoms with van der Waals surface area (Å²) in [5, 5.41) is 0.758. The lowest BCUT2D eigenvalue weighted by molar-refractivity contribution is -0.148. The van der Waals surface area contributed by atoms with Gasteiger partial charge in [-0.3, -0.25) is 9.80 Å². The zero-order chi connectivity index (χ0) is 20.5. The smallest absolute Gasteiger partial charge is 0.332 e. The molecule has 0 bridgehead atoms. The molecule has 2 aromatic carbocycles. The third kappa shape index (κ3) is 8.60. The Kier molecular flexibility index (Phi) is 13.1. The molecule has 0 spiro atoms. The predicted molar refractivity (Wildman–Crippen MR) is 130 cm³/mol. The maximum absolute atomic E-state index is 11.3. The number of ether oxygens (including phenoxy) is 2. The van der Waals surface area contributed by atoms with Crippen LogP contribution in [0.2, 0.25) is 5.02 Å². The van der Waals surface area contributed by atoms with Gasteiger partial charge in [-0.05, 0) is 30.2 Å². The van der Waals surface area contributed by atoms with E-state index in [4.69, 9.17) is 21.1 Å². The van der Waals surface area contributed by atoms with Gasteiger partial charge >= 0.3 is 5.97 Å². The first-order valence-electron chi connectivity index (χ1n) is 10.2. The summed E-state index contributed by atoms with van der Waals surface area (Å²) < 4.78 is 10.3. The van der Waals surface area contributed by atoms with Gasteiger partial charge in [0.15, 0.2) is 0 Å². The van der Waals surface area contributed by atoms with Gasteiger partial charge in [0.25, 0.3) is 0 Å². The van der Waals surface area contributed by atoms with Gasteiger partial charge in [0.1, 0.15) is 6.61 Å². The van der Waals surface area contributed by atoms with Crippen molar-refractivity contribution in [3.8, 4) is 0 Å². The highest BCUT2D eigenvalue weighted by Gasteiger charge is 2.26. The van der Waals surface area contributed by atoms with E-state index in [9.17, 15) is 4.79 Å². The Bertz CT molecular complexity index is 754. The molecule has 0 amide bonds. The van der Waals surface area contributed by atoms with Gasteiger partial charge in [0.2, 0.25) is 0 Å². The summed E-state index contributed by atoms with van der Waals surface area (Å²) in [5.74, 6) is -0.300. The summed E-state index contributed by atoms with van der Waals surface area (Å²) in [7, 11) is 0. The summed E-state index contributed by atoms with van der Waals surface area (Å²) in [6.07, 6.45) is 0. The summed E-state index contributed by atoms with van der Waals surface area (Å²) >= 11 is 6.10. The second-order valence-corrected chi connectivity index (χ2v) is 7.54. The van der Waals surface area contributed by atoms with E-state index >= 15 is 0 Å². The second-order valence-electron chi connectivity index (χ2n) is 7.10. The molecule has 0 N–H and O–H groups in total. The highest BCUT2D eigenvalue weighted by atomic mass is 35.5. The molecule has 1 saturated heterocycles. The Morgan fingerprint density at radius 3 is 2.19 bits per heavy atom. The van der Waals surface area contributed by atoms with Crippen LogP contribution in [0.1, 0.15) is 24.1 Å². The number of hydrogen-bond acceptors (Lipinski definition) is 5. The minimum Gasteiger partial charge on any atom is -0.464 e. The molecule has 1 aliphatic rings. The van der Waals surface area contributed by atoms with Gasteiger partial charge in [0, 0.05) is 37.7 Å². The summed E-state index contributed by atoms with van der Waals surface area (Å²) in [6, 6.07) is 19.0. The van der Waals surface area contributed by atoms with E-state index in [1.54, 1.807) is 6.92 Å². The summed E-state index contributed by atoms with van der Waals surface area (Å²) in [5.41, 5.74) is 2.55. The summed E-state index contributed by atoms with van der Waals surface area (Å²) in [4.78, 5) is 16.2. The fraction of sp³-hybridized carbons (Fsp3) is 0.435. The van der Waals surface area contributed by atoms with Gasteiger partial charge in [-0.15, -0.1) is 24.8 Å². The SMILES string of the molecule is CCOC(=O)COCCN1CCN(C(c2ccccc2)c2ccc(Cl)cc2)CC1.Cl.Cl. The maximum Gasteiger partial charge on any atom is 0.332 e. The van der Waals surface area contributed by atoms with Gasteiger partial charge in [-0.2, -0.15) is 0 Å². The number of nitrogens with zero attached hydrogens (tertiary/aromatic N) is 2. The van der Waals surface area contributed by atoms with Crippen molar-refractivity contribution in [1.29, 1.82) is 0 Å². The zero-order valence-corrected chi connectivity index (χ0v) is 20.1. The zero-order valence-electron chi connectivity index (χ0n) is 17.7. The molecular weight excluding hydrogens is 459 g/mol. The third-order valence-electron chi connectivity index (χ3n) is 5.15. The Hall–Kier alpha value is -1.34. The third-order valence-corrected chi connectivity index (χ3v) is 5.40. The monoisotopic (exact) mass is 488 g/mol. The first-order valence-corrected chi connectivity index (χ1v) is 10.6. The quantitative estimate of drug-likeness (QED) is 0.384. The van der Waals surface area contributed by atoms with E-state index in [1.165, 1.54) is 11.1 Å². The van der Waals surface area contributed by atoms with Gasteiger partial charge in [-0.25, -0.2) is 4.79 Å². The predicted octanol–water partition coefficient (Wildman–Crippen LogP) is 4.47. The van der Waals surface area contributed by atoms with Gasteiger partial charge in [0.05, 0.1) is 19.3 Å². The fourth-order valence-electron chi connectivity index (χ4n) is 3.69. The van der Waals surface area contributed by atoms with Gasteiger partial charge in [-0.1, -0.05) is 54.1 Å². The minimum absolute atomic E-state index is 0. The van der Waals surface area contributed by atoms with Crippen LogP contribution in [-0.4, -0.2) is 68.3 Å². The standard InChI is InChI=1S/C23H29ClN2O3.2ClH/c1-2-29-22(27)18-28-17-16-25-12-14-26(15-13-25)23(19-6-4-3-5-7-19)20-8-10-21(24)11-9-20;;/h3-11,23H,2,12-18H2,1H3;2*1H. The first kappa shape index (κ1) is 27.7. The number of carbonyl (C=O) groups excluding carboxylic acids is 1. The molecule has 172 valence electrons. The van der Waals surface area contributed by atoms with Crippen LogP contribution in [0.3, 0.4) is 0 Å². The van der Waals surface area contributed by atoms with E-state index < -0.39 is 0 Å². The maximum atomic E-state index is 11.3. The van der Waals surface area contributed by atoms with Crippen LogP contribution < -0.4 is 0 Å². The van der Waals surface area contributed by atoms with Crippen molar-refractivity contribution in [3.63, 3.8) is 0 Å². The van der Waals surface area contributed by atoms with Crippen LogP contribution in [0.15, 0.2) is 54.6 Å². The highest BCUT2D eigenvalue weighted by Crippen LogP contribution is 2.30. The molecule has 1 heterocycles. The average Bonchev–Trinajstić information content (AvgIpc) is 2.75. The molecule has 0 radical (unpaired) electrons. The van der Waals surface area contributed by atoms with Crippen molar-refractivity contribution >= 4 is 42.4 Å². The Morgan fingerprint density at radius 2 is 1.58 bits per heavy atom. The van der Waals surface area contributed by atoms with Crippen molar-refractivity contribution in [3.05, 3.63) is 70.7 Å². The Balaban J connectivity index is 0.00000240. The number of halogens is 3. The van der Waals surface area contributed by atoms with Crippen molar-refractivity contribution < 1.29 is 14.3 Å². The van der Waals surface area contributed by atoms with E-state index in [0.717, 1.165) is 37.7 Å². The lowest BCUT2D eigenvalue weighted by Crippen LogP contribution is -2.48. The molecule has 0 aromatic heterocycles. The average molecular weight is 490 g/mol. The van der Waals surface area contributed by atoms with Crippen molar-refractivity contribution in [1.82, 2.24) is 9.80 Å². The fourth-order valence-corrected chi connectivity index (χ4v) is 3.82. The van der Waals surface area contributed by atoms with Crippen LogP contribution in [0.25, 0.3) is 0 Å². The molecule has 1 atom stereocenters. The van der Waals surface area contributed by atoms with Crippen molar-refractivity contribution in [2.45, 2.75) is 13.0 Å². The molecule has 0 saturated carbocycles. The number of hydrogen-bond donors (Lipinski definition) is 0. The molecule has 0 aliphatic carbocycles. The minimum atomic E-state index is -0.300. The van der Waals surface area contributed by atoms with Crippen LogP contribution in [-0.2, 0) is 14.3 Å². The normalized spacial score (nSPS) is 15.4. The van der Waals surface area contributed by atoms with E-state index in [1.807, 2.05) is 12.1 Å². The summed E-state index contributed by atoms with van der Waals surface area (Å²) in [6.45, 7) is 7.47. The van der Waals surface area contributed by atoms with Gasteiger partial charge < -0.3 is 9.47 Å². The molecule has 1 aliphatic heterocycles. The van der Waals surface area contributed by atoms with Crippen LogP contribution in [0.4, 0.5) is 0 Å². The molecule has 3 rings (SSSR count). The molecule has 2 aromatic rings. The largest absolute Gasteiger partial charge is 0.464 e. The van der Waals surface area contributed by atoms with Crippen LogP contribution >= 0.6 is 36.4 Å². The molecule has 1 fully saturated rings. The van der Waals surface area contributed by atoms with E-state index in [0.29, 0.717) is 13.2 Å². The number of esters is 1. The molecule has 5 nitrogen and oxygen atoms in total. The Labute approximate surface area is 202 Å². The first-order chi connectivity index (χ1) is 14.2. The molecular formula is C23H31Cl3N2O3. The number of benzene rings is 2. The lowest BCUT2D eigenvalue weighted by Gasteiger charge is -2.39. The second kappa shape index (κ2) is 14.7. The molecule has 8 heteroatoms. The Morgan fingerprint density at radius 1 is 0.968 bits per heavy atom. The number of piperazine rings is 1. The topological polar surface area (TPSA) is 42.0 Å². The highest BCUT2D eigenvalue weighted by molar-refractivity contribution is 6.30. The van der Waals surface area contributed by atoms with Crippen LogP contribution in [0.5, 0.6) is 0 Å². The molecule has 31 heavy (non-hydrogen) atoms. The van der Waals surface area contributed by atoms with Crippen molar-refractivity contribution in [2.24, 2.45) is 0 Å². The van der Waals surface area contributed by atoms with E-state index in [2.05, 4.69) is 52.3 Å². The van der Waals surface area contributed by atoms with Crippen molar-refractivity contribution in [2.75, 3.05) is 52.5 Å².